The van der Waals surface area contributed by atoms with Crippen molar-refractivity contribution >= 4 is 5.69 Å². The summed E-state index contributed by atoms with van der Waals surface area (Å²) in [5.41, 5.74) is 4.62. The van der Waals surface area contributed by atoms with E-state index in [-0.39, 0.29) is 18.1 Å². The van der Waals surface area contributed by atoms with Gasteiger partial charge in [-0.05, 0) is 60.9 Å². The fourth-order valence-electron chi connectivity index (χ4n) is 5.59. The lowest BCUT2D eigenvalue weighted by atomic mass is 9.85. The first-order chi connectivity index (χ1) is 19.6. The molecule has 2 heterocycles. The predicted molar refractivity (Wildman–Crippen MR) is 155 cm³/mol. The van der Waals surface area contributed by atoms with Crippen molar-refractivity contribution in [2.75, 3.05) is 64.6 Å². The van der Waals surface area contributed by atoms with Gasteiger partial charge >= 0.3 is 0 Å². The molecule has 2 N–H and O–H groups in total. The quantitative estimate of drug-likeness (QED) is 0.321. The monoisotopic (exact) mass is 554 g/mol. The molecule has 5 rings (SSSR count). The van der Waals surface area contributed by atoms with Crippen molar-refractivity contribution in [2.24, 2.45) is 5.92 Å². The molecule has 2 fully saturated rings. The number of ether oxygens (including phenoxy) is 5. The van der Waals surface area contributed by atoms with Gasteiger partial charge in [0.25, 0.3) is 0 Å². The summed E-state index contributed by atoms with van der Waals surface area (Å²) in [4.78, 5) is 2.38. The molecule has 1 saturated heterocycles. The van der Waals surface area contributed by atoms with E-state index in [1.165, 1.54) is 24.0 Å². The SMILES string of the molecule is COCCCN1CCOc2ccc(CO[C@H]3CNC[C@@H](OC[C@@H](C)O)[C@@H]3c3ccc(COCC4CC4)cc3)cc21. The predicted octanol–water partition coefficient (Wildman–Crippen LogP) is 3.89. The number of nitrogens with zero attached hydrogens (tertiary/aromatic N) is 1. The van der Waals surface area contributed by atoms with Crippen LogP contribution in [0.2, 0.25) is 0 Å². The van der Waals surface area contributed by atoms with Gasteiger partial charge in [-0.2, -0.15) is 0 Å². The summed E-state index contributed by atoms with van der Waals surface area (Å²) in [6, 6.07) is 15.1. The largest absolute Gasteiger partial charge is 0.490 e. The zero-order valence-corrected chi connectivity index (χ0v) is 24.1. The number of piperidine rings is 1. The molecule has 0 aromatic heterocycles. The summed E-state index contributed by atoms with van der Waals surface area (Å²) < 4.78 is 29.9. The van der Waals surface area contributed by atoms with Gasteiger partial charge in [0, 0.05) is 45.9 Å². The number of methoxy groups -OCH3 is 1. The van der Waals surface area contributed by atoms with E-state index in [0.29, 0.717) is 26.4 Å². The van der Waals surface area contributed by atoms with Crippen LogP contribution in [0.25, 0.3) is 0 Å². The summed E-state index contributed by atoms with van der Waals surface area (Å²) in [5.74, 6) is 1.74. The summed E-state index contributed by atoms with van der Waals surface area (Å²) in [7, 11) is 1.74. The maximum Gasteiger partial charge on any atom is 0.142 e. The second kappa shape index (κ2) is 14.6. The van der Waals surface area contributed by atoms with Crippen molar-refractivity contribution in [2.45, 2.75) is 63.6 Å². The maximum absolute atomic E-state index is 9.89. The van der Waals surface area contributed by atoms with Crippen LogP contribution in [0.5, 0.6) is 5.75 Å². The zero-order chi connectivity index (χ0) is 27.7. The lowest BCUT2D eigenvalue weighted by Crippen LogP contribution is -2.51. The highest BCUT2D eigenvalue weighted by molar-refractivity contribution is 5.61. The van der Waals surface area contributed by atoms with Crippen LogP contribution < -0.4 is 15.0 Å². The number of anilines is 1. The molecule has 3 aliphatic rings. The molecule has 4 atom stereocenters. The first-order valence-electron chi connectivity index (χ1n) is 14.9. The Morgan fingerprint density at radius 3 is 2.55 bits per heavy atom. The van der Waals surface area contributed by atoms with Gasteiger partial charge < -0.3 is 39.0 Å². The van der Waals surface area contributed by atoms with Crippen LogP contribution in [-0.4, -0.2) is 83.1 Å². The molecule has 0 radical (unpaired) electrons. The molecule has 40 heavy (non-hydrogen) atoms. The Morgan fingerprint density at radius 2 is 1.80 bits per heavy atom. The third kappa shape index (κ3) is 8.18. The van der Waals surface area contributed by atoms with Crippen molar-refractivity contribution < 1.29 is 28.8 Å². The highest BCUT2D eigenvalue weighted by Gasteiger charge is 2.36. The maximum atomic E-state index is 9.89. The van der Waals surface area contributed by atoms with Crippen LogP contribution in [0.3, 0.4) is 0 Å². The second-order valence-corrected chi connectivity index (χ2v) is 11.4. The molecule has 8 nitrogen and oxygen atoms in total. The molecule has 1 saturated carbocycles. The summed E-state index contributed by atoms with van der Waals surface area (Å²) in [6.45, 7) is 8.78. The number of aliphatic hydroxyl groups is 1. The normalized spacial score (nSPS) is 23.5. The fraction of sp³-hybridized carbons (Fsp3) is 0.625. The van der Waals surface area contributed by atoms with E-state index in [0.717, 1.165) is 68.7 Å². The molecule has 0 spiro atoms. The Morgan fingerprint density at radius 1 is 1.02 bits per heavy atom. The summed E-state index contributed by atoms with van der Waals surface area (Å²) >= 11 is 0. The lowest BCUT2D eigenvalue weighted by molar-refractivity contribution is -0.0752. The number of benzene rings is 2. The Balaban J connectivity index is 1.26. The van der Waals surface area contributed by atoms with E-state index in [2.05, 4.69) is 52.7 Å². The van der Waals surface area contributed by atoms with Gasteiger partial charge in [-0.15, -0.1) is 0 Å². The number of fused-ring (bicyclic) bond motifs is 1. The average Bonchev–Trinajstić information content (AvgIpc) is 3.80. The van der Waals surface area contributed by atoms with Gasteiger partial charge in [0.2, 0.25) is 0 Å². The van der Waals surface area contributed by atoms with E-state index in [1.807, 2.05) is 0 Å². The van der Waals surface area contributed by atoms with E-state index in [9.17, 15) is 5.11 Å². The van der Waals surface area contributed by atoms with Gasteiger partial charge in [-0.25, -0.2) is 0 Å². The van der Waals surface area contributed by atoms with Gasteiger partial charge in [0.15, 0.2) is 0 Å². The first kappa shape index (κ1) is 29.3. The minimum absolute atomic E-state index is 0.0490. The van der Waals surface area contributed by atoms with Crippen LogP contribution in [-0.2, 0) is 32.2 Å². The number of nitrogens with one attached hydrogen (secondary N) is 1. The first-order valence-corrected chi connectivity index (χ1v) is 14.9. The van der Waals surface area contributed by atoms with Crippen LogP contribution in [0, 0.1) is 5.92 Å². The molecule has 2 aromatic carbocycles. The minimum Gasteiger partial charge on any atom is -0.490 e. The number of hydrogen-bond acceptors (Lipinski definition) is 8. The van der Waals surface area contributed by atoms with E-state index in [4.69, 9.17) is 23.7 Å². The molecule has 1 aliphatic carbocycles. The highest BCUT2D eigenvalue weighted by Crippen LogP contribution is 2.35. The Labute approximate surface area is 238 Å². The molecule has 8 heteroatoms. The topological polar surface area (TPSA) is 81.7 Å². The van der Waals surface area contributed by atoms with Gasteiger partial charge in [0.1, 0.15) is 12.4 Å². The van der Waals surface area contributed by atoms with E-state index in [1.54, 1.807) is 14.0 Å². The molecule has 0 amide bonds. The fourth-order valence-corrected chi connectivity index (χ4v) is 5.59. The zero-order valence-electron chi connectivity index (χ0n) is 24.1. The minimum atomic E-state index is -0.516. The van der Waals surface area contributed by atoms with E-state index < -0.39 is 6.10 Å². The van der Waals surface area contributed by atoms with Crippen LogP contribution in [0.1, 0.15) is 48.8 Å². The highest BCUT2D eigenvalue weighted by atomic mass is 16.5. The Bertz CT molecular complexity index is 1040. The van der Waals surface area contributed by atoms with Crippen molar-refractivity contribution in [3.8, 4) is 5.75 Å². The standard InChI is InChI=1S/C32H46N2O6/c1-23(35)19-39-30-17-33-18-31(32(30)27-9-6-25(7-10-27)21-37-20-24-4-5-24)40-22-26-8-11-29-28(16-26)34(13-15-38-29)12-3-14-36-2/h6-11,16,23-24,30-33,35H,3-5,12-15,17-22H2,1-2H3/t23-,30-,31+,32+/m1/s1. The number of rotatable bonds is 15. The molecule has 0 unspecified atom stereocenters. The molecule has 220 valence electrons. The third-order valence-electron chi connectivity index (χ3n) is 7.95. The van der Waals surface area contributed by atoms with Gasteiger partial charge in [-0.3, -0.25) is 0 Å². The van der Waals surface area contributed by atoms with Crippen LogP contribution in [0.4, 0.5) is 5.69 Å². The number of hydrogen-bond donors (Lipinski definition) is 2. The van der Waals surface area contributed by atoms with E-state index >= 15 is 0 Å². The summed E-state index contributed by atoms with van der Waals surface area (Å²) in [6.07, 6.45) is 2.89. The Kier molecular flexibility index (Phi) is 10.7. The summed E-state index contributed by atoms with van der Waals surface area (Å²) in [5, 5.41) is 13.4. The Hall–Kier alpha value is -2.20. The van der Waals surface area contributed by atoms with Crippen molar-refractivity contribution in [3.63, 3.8) is 0 Å². The lowest BCUT2D eigenvalue weighted by Gasteiger charge is -2.39. The average molecular weight is 555 g/mol. The van der Waals surface area contributed by atoms with Crippen molar-refractivity contribution in [3.05, 3.63) is 59.2 Å². The molecule has 0 bridgehead atoms. The van der Waals surface area contributed by atoms with Gasteiger partial charge in [0.05, 0.1) is 50.4 Å². The van der Waals surface area contributed by atoms with Crippen LogP contribution >= 0.6 is 0 Å². The third-order valence-corrected chi connectivity index (χ3v) is 7.95. The smallest absolute Gasteiger partial charge is 0.142 e. The van der Waals surface area contributed by atoms with Crippen molar-refractivity contribution in [1.29, 1.82) is 0 Å². The number of aliphatic hydroxyl groups excluding tert-OH is 1. The van der Waals surface area contributed by atoms with Crippen molar-refractivity contribution in [1.82, 2.24) is 5.32 Å². The van der Waals surface area contributed by atoms with Gasteiger partial charge in [-0.1, -0.05) is 30.3 Å². The second-order valence-electron chi connectivity index (χ2n) is 11.4. The molecular weight excluding hydrogens is 508 g/mol. The molecular formula is C32H46N2O6. The molecule has 2 aliphatic heterocycles. The van der Waals surface area contributed by atoms with Crippen LogP contribution in [0.15, 0.2) is 42.5 Å². The molecule has 2 aromatic rings.